The Morgan fingerprint density at radius 2 is 1.65 bits per heavy atom. The van der Waals surface area contributed by atoms with Crippen LogP contribution < -0.4 is 5.32 Å². The van der Waals surface area contributed by atoms with Gasteiger partial charge in [0.05, 0.1) is 22.4 Å². The number of benzene rings is 1. The van der Waals surface area contributed by atoms with Gasteiger partial charge in [0.15, 0.2) is 5.82 Å². The highest BCUT2D eigenvalue weighted by Crippen LogP contribution is 2.24. The van der Waals surface area contributed by atoms with Crippen molar-refractivity contribution < 1.29 is 9.53 Å². The summed E-state index contributed by atoms with van der Waals surface area (Å²) in [6.45, 7) is 10.8. The van der Waals surface area contributed by atoms with Gasteiger partial charge in [0.2, 0.25) is 0 Å². The Bertz CT molecular complexity index is 1140. The van der Waals surface area contributed by atoms with E-state index in [-0.39, 0.29) is 5.41 Å². The van der Waals surface area contributed by atoms with Crippen molar-refractivity contribution in [1.29, 1.82) is 0 Å². The summed E-state index contributed by atoms with van der Waals surface area (Å²) in [7, 11) is 5.07. The van der Waals surface area contributed by atoms with Crippen LogP contribution in [0.4, 0.5) is 5.69 Å². The van der Waals surface area contributed by atoms with Crippen LogP contribution >= 0.6 is 11.6 Å². The number of nitrogens with zero attached hydrogens (tertiary/aromatic N) is 4. The molecule has 0 saturated carbocycles. The molecule has 1 N–H and O–H groups in total. The Labute approximate surface area is 207 Å². The molecule has 0 aliphatic carbocycles. The molecule has 4 aromatic rings. The number of pyridine rings is 2. The topological polar surface area (TPSA) is 81.9 Å². The molecule has 4 rings (SSSR count). The summed E-state index contributed by atoms with van der Waals surface area (Å²) in [5, 5.41) is 7.95. The first-order chi connectivity index (χ1) is 16.2. The lowest BCUT2D eigenvalue weighted by atomic mass is 9.87. The van der Waals surface area contributed by atoms with Gasteiger partial charge in [-0.05, 0) is 36.1 Å². The number of halogens is 1. The maximum atomic E-state index is 8.00. The summed E-state index contributed by atoms with van der Waals surface area (Å²) < 4.78 is 5.99. The molecule has 0 bridgehead atoms. The smallest absolute Gasteiger partial charge is 0.177 e. The van der Waals surface area contributed by atoms with E-state index in [1.165, 1.54) is 11.1 Å². The van der Waals surface area contributed by atoms with E-state index in [2.05, 4.69) is 77.1 Å². The van der Waals surface area contributed by atoms with Crippen LogP contribution in [0.25, 0.3) is 16.9 Å². The van der Waals surface area contributed by atoms with Crippen LogP contribution in [0, 0.1) is 6.92 Å². The zero-order chi connectivity index (χ0) is 25.7. The highest BCUT2D eigenvalue weighted by atomic mass is 35.5. The molecule has 8 heteroatoms. The monoisotopic (exact) mass is 483 g/mol. The number of fused-ring (bicyclic) bond motifs is 1. The number of hydrogen-bond donors (Lipinski definition) is 1. The third kappa shape index (κ3) is 8.24. The number of aromatic nitrogens is 4. The molecule has 3 heterocycles. The first kappa shape index (κ1) is 28.7. The third-order valence-electron chi connectivity index (χ3n) is 4.56. The van der Waals surface area contributed by atoms with Crippen LogP contribution in [-0.4, -0.2) is 47.8 Å². The van der Waals surface area contributed by atoms with Crippen LogP contribution in [0.3, 0.4) is 0 Å². The number of carbonyl (C=O) groups excluding carboxylic acids is 1. The highest BCUT2D eigenvalue weighted by molar-refractivity contribution is 6.30. The summed E-state index contributed by atoms with van der Waals surface area (Å²) in [6, 6.07) is 14.4. The number of methoxy groups -OCH3 is 1. The van der Waals surface area contributed by atoms with Crippen molar-refractivity contribution in [3.63, 3.8) is 0 Å². The lowest BCUT2D eigenvalue weighted by molar-refractivity contribution is -0.0979. The molecule has 0 atom stereocenters. The van der Waals surface area contributed by atoms with Crippen molar-refractivity contribution in [2.75, 3.05) is 26.6 Å². The fraction of sp³-hybridized carbons (Fsp3) is 0.308. The summed E-state index contributed by atoms with van der Waals surface area (Å²) in [6.07, 6.45) is 5.05. The first-order valence-corrected chi connectivity index (χ1v) is 11.0. The van der Waals surface area contributed by atoms with E-state index >= 15 is 0 Å². The number of aryl methyl sites for hydroxylation is 1. The molecule has 0 saturated heterocycles. The quantitative estimate of drug-likeness (QED) is 0.383. The first-order valence-electron chi connectivity index (χ1n) is 10.6. The van der Waals surface area contributed by atoms with E-state index in [1.54, 1.807) is 37.5 Å². The van der Waals surface area contributed by atoms with Gasteiger partial charge < -0.3 is 14.8 Å². The van der Waals surface area contributed by atoms with Crippen LogP contribution in [0.5, 0.6) is 0 Å². The molecule has 7 nitrogen and oxygen atoms in total. The second kappa shape index (κ2) is 14.1. The van der Waals surface area contributed by atoms with Gasteiger partial charge in [-0.2, -0.15) is 5.10 Å². The number of rotatable bonds is 2. The second-order valence-corrected chi connectivity index (χ2v) is 8.70. The van der Waals surface area contributed by atoms with Crippen LogP contribution in [-0.2, 0) is 14.9 Å². The Morgan fingerprint density at radius 1 is 1.03 bits per heavy atom. The van der Waals surface area contributed by atoms with Gasteiger partial charge in [-0.25, -0.2) is 9.67 Å². The van der Waals surface area contributed by atoms with Crippen molar-refractivity contribution in [1.82, 2.24) is 19.7 Å². The fourth-order valence-electron chi connectivity index (χ4n) is 2.87. The molecule has 34 heavy (non-hydrogen) atoms. The summed E-state index contributed by atoms with van der Waals surface area (Å²) in [5.74, 6) is 0.699. The summed E-state index contributed by atoms with van der Waals surface area (Å²) in [5.41, 5.74) is 5.57. The normalized spacial score (nSPS) is 10.1. The molecule has 3 aromatic heterocycles. The van der Waals surface area contributed by atoms with Gasteiger partial charge in [0.1, 0.15) is 12.3 Å². The van der Waals surface area contributed by atoms with Crippen molar-refractivity contribution in [3.8, 4) is 5.82 Å². The minimum Gasteiger partial charge on any atom is -0.388 e. The van der Waals surface area contributed by atoms with Crippen molar-refractivity contribution >= 4 is 35.1 Å². The highest BCUT2D eigenvalue weighted by Gasteiger charge is 2.12. The standard InChI is InChI=1S/C12H10ClN5.C11H16.C2H6O.CH2O/c1-14-9-5-8(13)6-16-12(9)18-11-3-2-4-15-10(11)7-17-18;1-9-5-7-10(8-6-9)11(2,3)4;1-3-2;1-2/h2-7,14H,1H3;5-8H,1-4H3;1-2H3;1H2. The van der Waals surface area contributed by atoms with E-state index in [4.69, 9.17) is 16.4 Å². The molecular weight excluding hydrogens is 450 g/mol. The molecule has 0 spiro atoms. The van der Waals surface area contributed by atoms with Gasteiger partial charge in [-0.1, -0.05) is 62.2 Å². The maximum absolute atomic E-state index is 8.00. The predicted octanol–water partition coefficient (Wildman–Crippen LogP) is 5.88. The number of anilines is 1. The zero-order valence-corrected chi connectivity index (χ0v) is 21.7. The van der Waals surface area contributed by atoms with E-state index < -0.39 is 0 Å². The number of nitrogens with one attached hydrogen (secondary N) is 1. The number of hydrogen-bond acceptors (Lipinski definition) is 6. The SMILES string of the molecule is C=O.CNc1cc(Cl)cnc1-n1ncc2ncccc21.COC.Cc1ccc(C(C)(C)C)cc1. The number of ether oxygens (including phenoxy) is 1. The summed E-state index contributed by atoms with van der Waals surface area (Å²) in [4.78, 5) is 16.6. The van der Waals surface area contributed by atoms with Crippen molar-refractivity contribution in [2.45, 2.75) is 33.1 Å². The largest absolute Gasteiger partial charge is 0.388 e. The van der Waals surface area contributed by atoms with Gasteiger partial charge in [0, 0.05) is 33.7 Å². The van der Waals surface area contributed by atoms with E-state index in [9.17, 15) is 0 Å². The molecule has 0 aliphatic rings. The van der Waals surface area contributed by atoms with Gasteiger partial charge in [0.25, 0.3) is 0 Å². The molecule has 1 aromatic carbocycles. The third-order valence-corrected chi connectivity index (χ3v) is 4.77. The lowest BCUT2D eigenvalue weighted by Crippen LogP contribution is -2.10. The molecule has 0 amide bonds. The Balaban J connectivity index is 0.000000310. The summed E-state index contributed by atoms with van der Waals surface area (Å²) >= 11 is 5.93. The van der Waals surface area contributed by atoms with Crippen LogP contribution in [0.15, 0.2) is 61.1 Å². The minimum absolute atomic E-state index is 0.285. The maximum Gasteiger partial charge on any atom is 0.177 e. The fourth-order valence-corrected chi connectivity index (χ4v) is 3.03. The Hall–Kier alpha value is -3.29. The Morgan fingerprint density at radius 3 is 2.21 bits per heavy atom. The molecule has 0 radical (unpaired) electrons. The molecular formula is C26H34ClN5O2. The van der Waals surface area contributed by atoms with E-state index in [0.29, 0.717) is 10.8 Å². The van der Waals surface area contributed by atoms with Crippen LogP contribution in [0.1, 0.15) is 31.9 Å². The van der Waals surface area contributed by atoms with E-state index in [1.807, 2.05) is 32.0 Å². The average Bonchev–Trinajstić information content (AvgIpc) is 3.25. The molecule has 182 valence electrons. The van der Waals surface area contributed by atoms with Gasteiger partial charge in [-0.15, -0.1) is 0 Å². The van der Waals surface area contributed by atoms with Crippen molar-refractivity contribution in [3.05, 3.63) is 77.2 Å². The predicted molar refractivity (Wildman–Crippen MR) is 141 cm³/mol. The lowest BCUT2D eigenvalue weighted by Gasteiger charge is -2.18. The average molecular weight is 484 g/mol. The van der Waals surface area contributed by atoms with E-state index in [0.717, 1.165) is 16.7 Å². The second-order valence-electron chi connectivity index (χ2n) is 8.26. The molecule has 0 unspecified atom stereocenters. The molecule has 0 aliphatic heterocycles. The van der Waals surface area contributed by atoms with Crippen molar-refractivity contribution in [2.24, 2.45) is 0 Å². The Kier molecular flexibility index (Phi) is 11.9. The number of carbonyl (C=O) groups is 1. The van der Waals surface area contributed by atoms with Crippen LogP contribution in [0.2, 0.25) is 5.02 Å². The molecule has 0 fully saturated rings. The zero-order valence-electron chi connectivity index (χ0n) is 21.0. The van der Waals surface area contributed by atoms with Gasteiger partial charge >= 0.3 is 0 Å². The van der Waals surface area contributed by atoms with Gasteiger partial charge in [-0.3, -0.25) is 4.98 Å². The minimum atomic E-state index is 0.285.